The summed E-state index contributed by atoms with van der Waals surface area (Å²) in [6, 6.07) is -0.0890. The topological polar surface area (TPSA) is 110 Å². The summed E-state index contributed by atoms with van der Waals surface area (Å²) in [5.41, 5.74) is 0. The summed E-state index contributed by atoms with van der Waals surface area (Å²) in [7, 11) is -3.80. The molecule has 1 aromatic rings. The highest BCUT2D eigenvalue weighted by Crippen LogP contribution is 2.10. The quantitative estimate of drug-likeness (QED) is 0.738. The van der Waals surface area contributed by atoms with Gasteiger partial charge in [0.2, 0.25) is 0 Å². The molecular formula is C11H19N5O3S. The molecule has 9 heteroatoms. The predicted octanol–water partition coefficient (Wildman–Crippen LogP) is -0.492. The van der Waals surface area contributed by atoms with E-state index in [1.54, 1.807) is 9.47 Å². The zero-order valence-corrected chi connectivity index (χ0v) is 12.2. The Balaban J connectivity index is 2.13. The second-order valence-electron chi connectivity index (χ2n) is 4.70. The number of sulfonamides is 1. The molecule has 112 valence electrons. The molecule has 1 aliphatic heterocycles. The SMILES string of the molecule is CCCc1nc(S(N)(=O)=O)cn1CCN1CCNC1=O. The number of carbonyl (C=O) groups is 1. The first-order valence-electron chi connectivity index (χ1n) is 6.53. The number of rotatable bonds is 6. The monoisotopic (exact) mass is 301 g/mol. The van der Waals surface area contributed by atoms with E-state index in [0.29, 0.717) is 38.4 Å². The highest BCUT2D eigenvalue weighted by molar-refractivity contribution is 7.89. The van der Waals surface area contributed by atoms with Crippen molar-refractivity contribution in [1.82, 2.24) is 19.8 Å². The third-order valence-corrected chi connectivity index (χ3v) is 3.94. The molecule has 1 aromatic heterocycles. The minimum atomic E-state index is -3.80. The molecule has 1 aliphatic rings. The first kappa shape index (κ1) is 14.8. The van der Waals surface area contributed by atoms with Crippen molar-refractivity contribution >= 4 is 16.1 Å². The number of imidazole rings is 1. The van der Waals surface area contributed by atoms with Crippen LogP contribution in [-0.4, -0.2) is 48.5 Å². The number of urea groups is 1. The third kappa shape index (κ3) is 3.28. The van der Waals surface area contributed by atoms with Gasteiger partial charge in [-0.2, -0.15) is 0 Å². The molecule has 2 rings (SSSR count). The van der Waals surface area contributed by atoms with Gasteiger partial charge in [-0.3, -0.25) is 0 Å². The Morgan fingerprint density at radius 3 is 2.75 bits per heavy atom. The van der Waals surface area contributed by atoms with E-state index < -0.39 is 10.0 Å². The van der Waals surface area contributed by atoms with Gasteiger partial charge in [0, 0.05) is 38.8 Å². The van der Waals surface area contributed by atoms with Crippen LogP contribution in [0.2, 0.25) is 0 Å². The molecule has 20 heavy (non-hydrogen) atoms. The summed E-state index contributed by atoms with van der Waals surface area (Å²) in [5.74, 6) is 0.677. The molecule has 0 spiro atoms. The van der Waals surface area contributed by atoms with Gasteiger partial charge in [0.25, 0.3) is 10.0 Å². The van der Waals surface area contributed by atoms with E-state index in [1.807, 2.05) is 6.92 Å². The number of hydrogen-bond acceptors (Lipinski definition) is 4. The summed E-state index contributed by atoms with van der Waals surface area (Å²) in [6.45, 7) is 4.32. The van der Waals surface area contributed by atoms with Crippen LogP contribution in [0.25, 0.3) is 0 Å². The van der Waals surface area contributed by atoms with Crippen LogP contribution in [0.3, 0.4) is 0 Å². The summed E-state index contributed by atoms with van der Waals surface area (Å²) >= 11 is 0. The molecule has 8 nitrogen and oxygen atoms in total. The summed E-state index contributed by atoms with van der Waals surface area (Å²) < 4.78 is 24.4. The van der Waals surface area contributed by atoms with E-state index >= 15 is 0 Å². The van der Waals surface area contributed by atoms with E-state index in [-0.39, 0.29) is 11.1 Å². The van der Waals surface area contributed by atoms with Gasteiger partial charge in [-0.1, -0.05) is 6.92 Å². The number of nitrogens with one attached hydrogen (secondary N) is 1. The Bertz CT molecular complexity index is 595. The molecule has 0 aliphatic carbocycles. The first-order chi connectivity index (χ1) is 9.41. The van der Waals surface area contributed by atoms with E-state index in [0.717, 1.165) is 6.42 Å². The highest BCUT2D eigenvalue weighted by Gasteiger charge is 2.20. The van der Waals surface area contributed by atoms with Gasteiger partial charge in [-0.25, -0.2) is 23.3 Å². The maximum Gasteiger partial charge on any atom is 0.317 e. The van der Waals surface area contributed by atoms with Gasteiger partial charge in [-0.15, -0.1) is 0 Å². The summed E-state index contributed by atoms with van der Waals surface area (Å²) in [5, 5.41) is 7.70. The standard InChI is InChI=1S/C11H19N5O3S/c1-2-3-9-14-10(20(12,18)19)8-16(9)7-6-15-5-4-13-11(15)17/h8H,2-7H2,1H3,(H,13,17)(H2,12,18,19). The lowest BCUT2D eigenvalue weighted by atomic mass is 10.3. The second-order valence-corrected chi connectivity index (χ2v) is 6.21. The molecule has 0 atom stereocenters. The lowest BCUT2D eigenvalue weighted by Gasteiger charge is -2.15. The van der Waals surface area contributed by atoms with Crippen LogP contribution >= 0.6 is 0 Å². The van der Waals surface area contributed by atoms with E-state index in [4.69, 9.17) is 5.14 Å². The van der Waals surface area contributed by atoms with Crippen LogP contribution in [0, 0.1) is 0 Å². The maximum absolute atomic E-state index is 11.4. The van der Waals surface area contributed by atoms with Crippen LogP contribution < -0.4 is 10.5 Å². The fourth-order valence-electron chi connectivity index (χ4n) is 2.13. The van der Waals surface area contributed by atoms with E-state index in [2.05, 4.69) is 10.3 Å². The lowest BCUT2D eigenvalue weighted by molar-refractivity contribution is 0.215. The minimum Gasteiger partial charge on any atom is -0.336 e. The number of nitrogens with two attached hydrogens (primary N) is 1. The Morgan fingerprint density at radius 1 is 1.45 bits per heavy atom. The van der Waals surface area contributed by atoms with Crippen LogP contribution in [0.4, 0.5) is 4.79 Å². The minimum absolute atomic E-state index is 0.0890. The molecule has 0 radical (unpaired) electrons. The zero-order chi connectivity index (χ0) is 14.8. The molecule has 1 fully saturated rings. The Kier molecular flexibility index (Phi) is 4.29. The normalized spacial score (nSPS) is 15.7. The fourth-order valence-corrected chi connectivity index (χ4v) is 2.64. The number of hydrogen-bond donors (Lipinski definition) is 2. The predicted molar refractivity (Wildman–Crippen MR) is 72.6 cm³/mol. The van der Waals surface area contributed by atoms with E-state index in [9.17, 15) is 13.2 Å². The smallest absolute Gasteiger partial charge is 0.317 e. The molecule has 0 bridgehead atoms. The number of aromatic nitrogens is 2. The molecule has 0 saturated carbocycles. The lowest BCUT2D eigenvalue weighted by Crippen LogP contribution is -2.31. The molecule has 0 unspecified atom stereocenters. The summed E-state index contributed by atoms with van der Waals surface area (Å²) in [6.07, 6.45) is 2.96. The molecule has 1 saturated heterocycles. The zero-order valence-electron chi connectivity index (χ0n) is 11.4. The molecule has 3 N–H and O–H groups in total. The van der Waals surface area contributed by atoms with Gasteiger partial charge >= 0.3 is 6.03 Å². The first-order valence-corrected chi connectivity index (χ1v) is 8.08. The van der Waals surface area contributed by atoms with Crippen LogP contribution in [0.5, 0.6) is 0 Å². The number of nitrogens with zero attached hydrogens (tertiary/aromatic N) is 3. The maximum atomic E-state index is 11.4. The largest absolute Gasteiger partial charge is 0.336 e. The Labute approximate surface area is 118 Å². The van der Waals surface area contributed by atoms with Crippen molar-refractivity contribution in [3.63, 3.8) is 0 Å². The van der Waals surface area contributed by atoms with Gasteiger partial charge in [-0.05, 0) is 6.42 Å². The number of aryl methyl sites for hydroxylation is 1. The number of amides is 2. The Morgan fingerprint density at radius 2 is 2.20 bits per heavy atom. The van der Waals surface area contributed by atoms with E-state index in [1.165, 1.54) is 6.20 Å². The average Bonchev–Trinajstić information content (AvgIpc) is 2.93. The van der Waals surface area contributed by atoms with Crippen molar-refractivity contribution in [1.29, 1.82) is 0 Å². The van der Waals surface area contributed by atoms with Gasteiger partial charge in [0.1, 0.15) is 5.82 Å². The van der Waals surface area contributed by atoms with Crippen molar-refractivity contribution in [3.05, 3.63) is 12.0 Å². The second kappa shape index (κ2) is 5.80. The van der Waals surface area contributed by atoms with Crippen molar-refractivity contribution in [2.75, 3.05) is 19.6 Å². The third-order valence-electron chi connectivity index (χ3n) is 3.16. The summed E-state index contributed by atoms with van der Waals surface area (Å²) in [4.78, 5) is 17.2. The molecule has 2 heterocycles. The molecular weight excluding hydrogens is 282 g/mol. The van der Waals surface area contributed by atoms with Crippen LogP contribution in [0.15, 0.2) is 11.2 Å². The average molecular weight is 301 g/mol. The van der Waals surface area contributed by atoms with Crippen molar-refractivity contribution in [2.24, 2.45) is 5.14 Å². The number of carbonyl (C=O) groups excluding carboxylic acids is 1. The van der Waals surface area contributed by atoms with Crippen molar-refractivity contribution in [2.45, 2.75) is 31.3 Å². The Hall–Kier alpha value is -1.61. The molecule has 2 amide bonds. The van der Waals surface area contributed by atoms with Gasteiger partial charge in [0.05, 0.1) is 0 Å². The van der Waals surface area contributed by atoms with Crippen LogP contribution in [0.1, 0.15) is 19.2 Å². The van der Waals surface area contributed by atoms with Crippen LogP contribution in [-0.2, 0) is 23.0 Å². The fraction of sp³-hybridized carbons (Fsp3) is 0.636. The van der Waals surface area contributed by atoms with Gasteiger partial charge in [0.15, 0.2) is 5.03 Å². The number of primary sulfonamides is 1. The van der Waals surface area contributed by atoms with Crippen molar-refractivity contribution < 1.29 is 13.2 Å². The van der Waals surface area contributed by atoms with Gasteiger partial charge < -0.3 is 14.8 Å². The molecule has 0 aromatic carbocycles. The van der Waals surface area contributed by atoms with Crippen molar-refractivity contribution in [3.8, 4) is 0 Å². The highest BCUT2D eigenvalue weighted by atomic mass is 32.2.